The molecule has 4 rings (SSSR count). The minimum atomic E-state index is -3.30. The van der Waals surface area contributed by atoms with E-state index in [2.05, 4.69) is 9.12 Å². The number of anilines is 1. The van der Waals surface area contributed by atoms with E-state index in [0.29, 0.717) is 23.6 Å². The maximum atomic E-state index is 12.3. The van der Waals surface area contributed by atoms with Gasteiger partial charge in [-0.2, -0.15) is 0 Å². The van der Waals surface area contributed by atoms with Crippen LogP contribution in [0.1, 0.15) is 31.2 Å². The summed E-state index contributed by atoms with van der Waals surface area (Å²) in [4.78, 5) is 14.2. The lowest BCUT2D eigenvalue weighted by molar-refractivity contribution is -0.134. The zero-order chi connectivity index (χ0) is 18.3. The molecule has 1 unspecified atom stereocenters. The Morgan fingerprint density at radius 1 is 1.38 bits per heavy atom. The molecule has 0 radical (unpaired) electrons. The van der Waals surface area contributed by atoms with Crippen molar-refractivity contribution >= 4 is 28.4 Å². The van der Waals surface area contributed by atoms with E-state index < -0.39 is 11.0 Å². The predicted octanol–water partition coefficient (Wildman–Crippen LogP) is 2.43. The lowest BCUT2D eigenvalue weighted by Gasteiger charge is -2.34. The Bertz CT molecular complexity index is 750. The number of piperidine rings is 1. The summed E-state index contributed by atoms with van der Waals surface area (Å²) < 4.78 is 31.8. The summed E-state index contributed by atoms with van der Waals surface area (Å²) in [7, 11) is -3.30. The lowest BCUT2D eigenvalue weighted by atomic mass is 9.98. The Morgan fingerprint density at radius 3 is 2.96 bits per heavy atom. The number of nitrogens with two attached hydrogens (primary N) is 1. The van der Waals surface area contributed by atoms with Gasteiger partial charge in [-0.05, 0) is 48.8 Å². The van der Waals surface area contributed by atoms with E-state index in [1.165, 1.54) is 0 Å². The highest BCUT2D eigenvalue weighted by atomic mass is 32.3. The number of hydrogen-bond donors (Lipinski definition) is 4. The molecule has 0 bridgehead atoms. The van der Waals surface area contributed by atoms with Crippen molar-refractivity contribution in [2.75, 3.05) is 24.4 Å². The third kappa shape index (κ3) is 3.60. The first kappa shape index (κ1) is 17.4. The minimum absolute atomic E-state index is 0.0449. The van der Waals surface area contributed by atoms with Crippen molar-refractivity contribution in [2.24, 2.45) is 22.0 Å². The Kier molecular flexibility index (Phi) is 4.45. The number of nitrogens with one attached hydrogen (secondary N) is 1. The fourth-order valence-corrected chi connectivity index (χ4v) is 4.43. The molecule has 5 N–H and O–H groups in total. The third-order valence-electron chi connectivity index (χ3n) is 4.99. The number of likely N-dealkylation sites (tertiary alicyclic amines) is 1. The average molecular weight is 380 g/mol. The van der Waals surface area contributed by atoms with Gasteiger partial charge in [0.2, 0.25) is 5.91 Å². The van der Waals surface area contributed by atoms with Crippen LogP contribution >= 0.6 is 11.0 Å². The summed E-state index contributed by atoms with van der Waals surface area (Å²) >= 11 is 0. The SMILES string of the molecule is NC1=NS(O)(O)Nc2cccc(OCC3CCCN(C(=O)C4CC4)C3)c21. The van der Waals surface area contributed by atoms with Crippen LogP contribution in [-0.2, 0) is 4.79 Å². The second kappa shape index (κ2) is 6.64. The van der Waals surface area contributed by atoms with Gasteiger partial charge < -0.3 is 15.4 Å². The maximum absolute atomic E-state index is 12.3. The smallest absolute Gasteiger partial charge is 0.225 e. The van der Waals surface area contributed by atoms with Crippen LogP contribution in [0.3, 0.4) is 0 Å². The number of ether oxygens (including phenoxy) is 1. The highest BCUT2D eigenvalue weighted by Gasteiger charge is 2.35. The molecule has 1 saturated heterocycles. The molecule has 1 atom stereocenters. The summed E-state index contributed by atoms with van der Waals surface area (Å²) in [5.74, 6) is 1.41. The van der Waals surface area contributed by atoms with E-state index in [1.54, 1.807) is 18.2 Å². The molecular weight excluding hydrogens is 356 g/mol. The fourth-order valence-electron chi connectivity index (χ4n) is 3.55. The highest BCUT2D eigenvalue weighted by Crippen LogP contribution is 2.46. The van der Waals surface area contributed by atoms with Crippen LogP contribution in [0, 0.1) is 11.8 Å². The standard InChI is InChI=1S/C17H24N4O4S/c18-16-15-13(19-26(23,24)20-16)4-1-5-14(15)25-10-11-3-2-8-21(9-11)17(22)12-6-7-12/h1,4-5,11-12,19,23-24H,2-3,6-10H2,(H2,18,20). The number of carbonyl (C=O) groups excluding carboxylic acids is 1. The lowest BCUT2D eigenvalue weighted by Crippen LogP contribution is -2.42. The summed E-state index contributed by atoms with van der Waals surface area (Å²) in [6, 6.07) is 5.25. The Hall–Kier alpha value is -1.97. The highest BCUT2D eigenvalue weighted by molar-refractivity contribution is 8.24. The van der Waals surface area contributed by atoms with Crippen molar-refractivity contribution in [3.63, 3.8) is 0 Å². The van der Waals surface area contributed by atoms with Crippen LogP contribution in [-0.4, -0.2) is 45.4 Å². The zero-order valence-corrected chi connectivity index (χ0v) is 15.2. The number of fused-ring (bicyclic) bond motifs is 1. The summed E-state index contributed by atoms with van der Waals surface area (Å²) in [5, 5.41) is 0. The largest absolute Gasteiger partial charge is 0.492 e. The van der Waals surface area contributed by atoms with Gasteiger partial charge in [-0.3, -0.25) is 18.6 Å². The fraction of sp³-hybridized carbons (Fsp3) is 0.529. The molecule has 9 heteroatoms. The van der Waals surface area contributed by atoms with E-state index in [-0.39, 0.29) is 23.6 Å². The monoisotopic (exact) mass is 380 g/mol. The van der Waals surface area contributed by atoms with Gasteiger partial charge in [0.25, 0.3) is 0 Å². The number of amides is 1. The van der Waals surface area contributed by atoms with Crippen molar-refractivity contribution in [3.05, 3.63) is 23.8 Å². The number of nitrogens with zero attached hydrogens (tertiary/aromatic N) is 2. The molecule has 2 aliphatic heterocycles. The number of benzene rings is 1. The van der Waals surface area contributed by atoms with Crippen molar-refractivity contribution < 1.29 is 18.6 Å². The number of hydrogen-bond acceptors (Lipinski definition) is 7. The number of rotatable bonds is 4. The van der Waals surface area contributed by atoms with Crippen molar-refractivity contribution in [3.8, 4) is 5.75 Å². The first-order valence-electron chi connectivity index (χ1n) is 8.89. The molecule has 26 heavy (non-hydrogen) atoms. The molecule has 1 aromatic rings. The van der Waals surface area contributed by atoms with Crippen LogP contribution in [0.15, 0.2) is 22.6 Å². The van der Waals surface area contributed by atoms with Gasteiger partial charge in [-0.15, -0.1) is 4.40 Å². The molecule has 142 valence electrons. The van der Waals surface area contributed by atoms with E-state index in [0.717, 1.165) is 38.8 Å². The van der Waals surface area contributed by atoms with Gasteiger partial charge in [0.1, 0.15) is 5.75 Å². The Labute approximate surface area is 154 Å². The van der Waals surface area contributed by atoms with Crippen molar-refractivity contribution in [2.45, 2.75) is 25.7 Å². The van der Waals surface area contributed by atoms with Gasteiger partial charge in [-0.25, -0.2) is 0 Å². The Balaban J connectivity index is 1.43. The quantitative estimate of drug-likeness (QED) is 0.637. The van der Waals surface area contributed by atoms with E-state index in [9.17, 15) is 13.9 Å². The molecule has 1 amide bonds. The second-order valence-corrected chi connectivity index (χ2v) is 8.58. The van der Waals surface area contributed by atoms with Crippen LogP contribution < -0.4 is 15.2 Å². The normalized spacial score (nSPS) is 25.5. The first-order valence-corrected chi connectivity index (χ1v) is 10.4. The zero-order valence-electron chi connectivity index (χ0n) is 14.4. The molecule has 2 heterocycles. The van der Waals surface area contributed by atoms with E-state index in [4.69, 9.17) is 10.5 Å². The van der Waals surface area contributed by atoms with Crippen molar-refractivity contribution in [1.82, 2.24) is 4.90 Å². The molecule has 3 aliphatic rings. The van der Waals surface area contributed by atoms with Crippen LogP contribution in [0.4, 0.5) is 5.69 Å². The average Bonchev–Trinajstić information content (AvgIpc) is 3.43. The van der Waals surface area contributed by atoms with E-state index >= 15 is 0 Å². The maximum Gasteiger partial charge on any atom is 0.225 e. The Morgan fingerprint density at radius 2 is 2.19 bits per heavy atom. The first-order chi connectivity index (χ1) is 12.4. The molecule has 0 spiro atoms. The summed E-state index contributed by atoms with van der Waals surface area (Å²) in [6.07, 6.45) is 4.06. The van der Waals surface area contributed by atoms with Gasteiger partial charge in [0.05, 0.1) is 17.9 Å². The predicted molar refractivity (Wildman–Crippen MR) is 101 cm³/mol. The van der Waals surface area contributed by atoms with Crippen molar-refractivity contribution in [1.29, 1.82) is 0 Å². The van der Waals surface area contributed by atoms with Crippen LogP contribution in [0.5, 0.6) is 5.75 Å². The molecule has 8 nitrogen and oxygen atoms in total. The van der Waals surface area contributed by atoms with Gasteiger partial charge in [-0.1, -0.05) is 6.07 Å². The molecule has 1 aliphatic carbocycles. The molecule has 2 fully saturated rings. The third-order valence-corrected chi connectivity index (χ3v) is 5.93. The molecule has 0 aromatic heterocycles. The van der Waals surface area contributed by atoms with Gasteiger partial charge in [0.15, 0.2) is 5.84 Å². The molecule has 1 aromatic carbocycles. The number of amidine groups is 1. The summed E-state index contributed by atoms with van der Waals surface area (Å²) in [5.41, 5.74) is 6.94. The van der Waals surface area contributed by atoms with Crippen LogP contribution in [0.2, 0.25) is 0 Å². The van der Waals surface area contributed by atoms with E-state index in [1.807, 2.05) is 4.90 Å². The van der Waals surface area contributed by atoms with Crippen LogP contribution in [0.25, 0.3) is 0 Å². The van der Waals surface area contributed by atoms with Gasteiger partial charge in [0, 0.05) is 24.9 Å². The second-order valence-electron chi connectivity index (χ2n) is 7.15. The summed E-state index contributed by atoms with van der Waals surface area (Å²) in [6.45, 7) is 2.05. The molecular formula is C17H24N4O4S. The topological polar surface area (TPSA) is 120 Å². The minimum Gasteiger partial charge on any atom is -0.492 e. The molecule has 1 saturated carbocycles. The van der Waals surface area contributed by atoms with Gasteiger partial charge >= 0.3 is 0 Å². The number of carbonyl (C=O) groups is 1.